The zero-order chi connectivity index (χ0) is 19.4. The molecule has 0 fully saturated rings. The summed E-state index contributed by atoms with van der Waals surface area (Å²) < 4.78 is 26.5. The molecule has 0 amide bonds. The summed E-state index contributed by atoms with van der Waals surface area (Å²) >= 11 is 0. The van der Waals surface area contributed by atoms with Gasteiger partial charge in [-0.3, -0.25) is 0 Å². The van der Waals surface area contributed by atoms with E-state index in [1.807, 2.05) is 57.2 Å². The molecule has 0 unspecified atom stereocenters. The summed E-state index contributed by atoms with van der Waals surface area (Å²) in [7, 11) is 0. The van der Waals surface area contributed by atoms with Crippen molar-refractivity contribution < 1.29 is 8.78 Å². The Kier molecular flexibility index (Phi) is 5.35. The number of hydrogen-bond donors (Lipinski definition) is 2. The van der Waals surface area contributed by atoms with Crippen molar-refractivity contribution in [3.8, 4) is 11.3 Å². The van der Waals surface area contributed by atoms with Gasteiger partial charge in [-0.25, -0.2) is 13.8 Å². The Morgan fingerprint density at radius 3 is 2.30 bits per heavy atom. The molecule has 0 atom stereocenters. The summed E-state index contributed by atoms with van der Waals surface area (Å²) in [5.41, 5.74) is 2.16. The first-order valence-corrected chi connectivity index (χ1v) is 8.71. The third kappa shape index (κ3) is 5.23. The number of anilines is 2. The van der Waals surface area contributed by atoms with E-state index < -0.39 is 11.6 Å². The smallest absolute Gasteiger partial charge is 0.225 e. The predicted octanol–water partition coefficient (Wildman–Crippen LogP) is 5.24. The van der Waals surface area contributed by atoms with Gasteiger partial charge in [-0.05, 0) is 38.5 Å². The Hall–Kier alpha value is -3.02. The van der Waals surface area contributed by atoms with Gasteiger partial charge in [0.25, 0.3) is 0 Å². The maximum Gasteiger partial charge on any atom is 0.225 e. The van der Waals surface area contributed by atoms with Crippen LogP contribution in [-0.4, -0.2) is 15.5 Å². The summed E-state index contributed by atoms with van der Waals surface area (Å²) in [4.78, 5) is 9.10. The van der Waals surface area contributed by atoms with E-state index in [1.165, 1.54) is 6.07 Å². The van der Waals surface area contributed by atoms with Crippen LogP contribution in [0.3, 0.4) is 0 Å². The fourth-order valence-corrected chi connectivity index (χ4v) is 2.53. The Morgan fingerprint density at radius 1 is 0.889 bits per heavy atom. The first kappa shape index (κ1) is 18.8. The number of halogens is 2. The Bertz CT molecular complexity index is 921. The first-order valence-electron chi connectivity index (χ1n) is 8.71. The minimum Gasteiger partial charge on any atom is -0.366 e. The minimum absolute atomic E-state index is 0.202. The summed E-state index contributed by atoms with van der Waals surface area (Å²) in [5, 5.41) is 6.44. The summed E-state index contributed by atoms with van der Waals surface area (Å²) in [6.07, 6.45) is 0. The van der Waals surface area contributed by atoms with Crippen LogP contribution in [0.15, 0.2) is 54.6 Å². The Morgan fingerprint density at radius 2 is 1.63 bits per heavy atom. The van der Waals surface area contributed by atoms with Crippen molar-refractivity contribution in [3.63, 3.8) is 0 Å². The molecule has 0 saturated heterocycles. The van der Waals surface area contributed by atoms with Gasteiger partial charge in [-0.15, -0.1) is 0 Å². The lowest BCUT2D eigenvalue weighted by atomic mass is 10.1. The Labute approximate surface area is 157 Å². The second-order valence-electron chi connectivity index (χ2n) is 7.31. The fraction of sp³-hybridized carbons (Fsp3) is 0.238. The normalized spacial score (nSPS) is 11.3. The molecule has 0 aliphatic rings. The molecule has 1 aromatic heterocycles. The average molecular weight is 368 g/mol. The van der Waals surface area contributed by atoms with Crippen LogP contribution in [0, 0.1) is 11.6 Å². The van der Waals surface area contributed by atoms with Gasteiger partial charge in [0.2, 0.25) is 5.95 Å². The van der Waals surface area contributed by atoms with Crippen LogP contribution >= 0.6 is 0 Å². The maximum atomic E-state index is 13.4. The molecule has 0 radical (unpaired) electrons. The van der Waals surface area contributed by atoms with E-state index in [4.69, 9.17) is 0 Å². The number of rotatable bonds is 5. The number of nitrogens with zero attached hydrogens (tertiary/aromatic N) is 2. The number of nitrogens with one attached hydrogen (secondary N) is 2. The number of hydrogen-bond acceptors (Lipinski definition) is 4. The lowest BCUT2D eigenvalue weighted by Crippen LogP contribution is -2.27. The van der Waals surface area contributed by atoms with Gasteiger partial charge < -0.3 is 10.6 Å². The third-order valence-electron chi connectivity index (χ3n) is 3.74. The van der Waals surface area contributed by atoms with E-state index in [0.29, 0.717) is 23.9 Å². The largest absolute Gasteiger partial charge is 0.366 e. The molecule has 0 aliphatic carbocycles. The highest BCUT2D eigenvalue weighted by Gasteiger charge is 2.14. The van der Waals surface area contributed by atoms with Crippen molar-refractivity contribution in [2.45, 2.75) is 32.9 Å². The van der Waals surface area contributed by atoms with Crippen molar-refractivity contribution in [2.24, 2.45) is 0 Å². The minimum atomic E-state index is -0.864. The van der Waals surface area contributed by atoms with Crippen LogP contribution < -0.4 is 10.6 Å². The molecular formula is C21H22F2N4. The van der Waals surface area contributed by atoms with Crippen LogP contribution in [-0.2, 0) is 6.54 Å². The molecule has 2 N–H and O–H groups in total. The highest BCUT2D eigenvalue weighted by molar-refractivity contribution is 5.64. The predicted molar refractivity (Wildman–Crippen MR) is 105 cm³/mol. The molecular weight excluding hydrogens is 346 g/mol. The van der Waals surface area contributed by atoms with Gasteiger partial charge in [0, 0.05) is 23.7 Å². The molecule has 6 heteroatoms. The van der Waals surface area contributed by atoms with Crippen LogP contribution in [0.2, 0.25) is 0 Å². The summed E-state index contributed by atoms with van der Waals surface area (Å²) in [6.45, 7) is 6.40. The van der Waals surface area contributed by atoms with Crippen molar-refractivity contribution in [1.82, 2.24) is 9.97 Å². The zero-order valence-electron chi connectivity index (χ0n) is 15.6. The van der Waals surface area contributed by atoms with Crippen LogP contribution in [0.1, 0.15) is 26.3 Å². The average Bonchev–Trinajstić information content (AvgIpc) is 2.62. The number of aromatic nitrogens is 2. The van der Waals surface area contributed by atoms with E-state index >= 15 is 0 Å². The van der Waals surface area contributed by atoms with E-state index in [-0.39, 0.29) is 5.54 Å². The molecule has 3 aromatic rings. The van der Waals surface area contributed by atoms with E-state index in [9.17, 15) is 8.78 Å². The van der Waals surface area contributed by atoms with Gasteiger partial charge in [-0.1, -0.05) is 36.4 Å². The van der Waals surface area contributed by atoms with Crippen LogP contribution in [0.4, 0.5) is 20.5 Å². The molecule has 0 bridgehead atoms. The van der Waals surface area contributed by atoms with Crippen molar-refractivity contribution in [1.29, 1.82) is 0 Å². The monoisotopic (exact) mass is 368 g/mol. The molecule has 0 saturated carbocycles. The molecule has 0 aliphatic heterocycles. The van der Waals surface area contributed by atoms with E-state index in [1.54, 1.807) is 6.07 Å². The number of benzene rings is 2. The van der Waals surface area contributed by atoms with Gasteiger partial charge in [-0.2, -0.15) is 4.98 Å². The van der Waals surface area contributed by atoms with Gasteiger partial charge in [0.1, 0.15) is 5.82 Å². The molecule has 140 valence electrons. The highest BCUT2D eigenvalue weighted by Crippen LogP contribution is 2.23. The molecule has 2 aromatic carbocycles. The van der Waals surface area contributed by atoms with E-state index in [2.05, 4.69) is 20.6 Å². The lowest BCUT2D eigenvalue weighted by Gasteiger charge is -2.21. The molecule has 27 heavy (non-hydrogen) atoms. The molecule has 4 nitrogen and oxygen atoms in total. The van der Waals surface area contributed by atoms with Gasteiger partial charge >= 0.3 is 0 Å². The highest BCUT2D eigenvalue weighted by atomic mass is 19.2. The second-order valence-corrected chi connectivity index (χ2v) is 7.31. The SMILES string of the molecule is CC(C)(C)Nc1nc(NCc2ccc(F)c(F)c2)cc(-c2ccccc2)n1. The van der Waals surface area contributed by atoms with Crippen molar-refractivity contribution >= 4 is 11.8 Å². The van der Waals surface area contributed by atoms with Crippen molar-refractivity contribution in [2.75, 3.05) is 10.6 Å². The molecule has 0 spiro atoms. The fourth-order valence-electron chi connectivity index (χ4n) is 2.53. The quantitative estimate of drug-likeness (QED) is 0.646. The molecule has 3 rings (SSSR count). The zero-order valence-corrected chi connectivity index (χ0v) is 15.6. The van der Waals surface area contributed by atoms with Gasteiger partial charge in [0.05, 0.1) is 5.69 Å². The topological polar surface area (TPSA) is 49.8 Å². The standard InChI is InChI=1S/C21H22F2N4/c1-21(2,3)27-20-25-18(15-7-5-4-6-8-15)12-19(26-20)24-13-14-9-10-16(22)17(23)11-14/h4-12H,13H2,1-3H3,(H2,24,25,26,27). The maximum absolute atomic E-state index is 13.4. The third-order valence-corrected chi connectivity index (χ3v) is 3.74. The lowest BCUT2D eigenvalue weighted by molar-refractivity contribution is 0.507. The second kappa shape index (κ2) is 7.70. The van der Waals surface area contributed by atoms with Crippen LogP contribution in [0.25, 0.3) is 11.3 Å². The summed E-state index contributed by atoms with van der Waals surface area (Å²) in [5.74, 6) is -0.627. The summed E-state index contributed by atoms with van der Waals surface area (Å²) in [6, 6.07) is 15.5. The Balaban J connectivity index is 1.88. The first-order chi connectivity index (χ1) is 12.8. The van der Waals surface area contributed by atoms with Crippen LogP contribution in [0.5, 0.6) is 0 Å². The van der Waals surface area contributed by atoms with E-state index in [0.717, 1.165) is 17.3 Å². The molecule has 1 heterocycles. The van der Waals surface area contributed by atoms with Crippen molar-refractivity contribution in [3.05, 3.63) is 71.8 Å². The van der Waals surface area contributed by atoms with Gasteiger partial charge in [0.15, 0.2) is 11.6 Å².